The number of anilines is 1. The number of aromatic nitrogens is 3. The molecule has 2 fully saturated rings. The lowest BCUT2D eigenvalue weighted by Crippen LogP contribution is -2.49. The van der Waals surface area contributed by atoms with Crippen molar-refractivity contribution in [3.05, 3.63) is 35.5 Å². The highest BCUT2D eigenvalue weighted by atomic mass is 32.2. The number of aromatic amines is 1. The molecule has 2 saturated heterocycles. The largest absolute Gasteiger partial charge is 0.379 e. The van der Waals surface area contributed by atoms with E-state index in [4.69, 9.17) is 4.74 Å². The predicted molar refractivity (Wildman–Crippen MR) is 110 cm³/mol. The Morgan fingerprint density at radius 3 is 2.40 bits per heavy atom. The lowest BCUT2D eigenvalue weighted by molar-refractivity contribution is 0.0729. The van der Waals surface area contributed by atoms with Crippen LogP contribution in [0.2, 0.25) is 0 Å². The summed E-state index contributed by atoms with van der Waals surface area (Å²) in [6.45, 7) is 7.58. The molecule has 0 unspecified atom stereocenters. The first-order valence-corrected chi connectivity index (χ1v) is 11.4. The van der Waals surface area contributed by atoms with Gasteiger partial charge in [0.05, 0.1) is 13.2 Å². The third-order valence-electron chi connectivity index (χ3n) is 5.34. The van der Waals surface area contributed by atoms with Crippen molar-refractivity contribution in [2.24, 2.45) is 0 Å². The molecule has 1 N–H and O–H groups in total. The third-order valence-corrected chi connectivity index (χ3v) is 7.21. The minimum absolute atomic E-state index is 0.110. The SMILES string of the molecule is Cc1cc(N2CCN(C(=O)c3cc(S(=O)(=O)N4CCOCC4)c[nH]3)CC2)nc(C)n1. The molecule has 0 aromatic carbocycles. The van der Waals surface area contributed by atoms with Crippen LogP contribution in [-0.4, -0.2) is 91.0 Å². The number of hydrogen-bond acceptors (Lipinski definition) is 7. The molecule has 2 aliphatic rings. The van der Waals surface area contributed by atoms with Gasteiger partial charge in [0.15, 0.2) is 0 Å². The number of morpholine rings is 1. The molecule has 11 heteroatoms. The molecule has 0 aliphatic carbocycles. The predicted octanol–water partition coefficient (Wildman–Crippen LogP) is 0.405. The number of carbonyl (C=O) groups is 1. The number of hydrogen-bond donors (Lipinski definition) is 1. The third kappa shape index (κ3) is 4.18. The van der Waals surface area contributed by atoms with E-state index in [0.717, 1.165) is 17.3 Å². The summed E-state index contributed by atoms with van der Waals surface area (Å²) in [5.74, 6) is 1.39. The summed E-state index contributed by atoms with van der Waals surface area (Å²) in [6.07, 6.45) is 1.39. The van der Waals surface area contributed by atoms with Crippen molar-refractivity contribution in [2.45, 2.75) is 18.7 Å². The number of amides is 1. The Kier molecular flexibility index (Phi) is 5.76. The molecule has 0 saturated carbocycles. The summed E-state index contributed by atoms with van der Waals surface area (Å²) in [7, 11) is -3.63. The summed E-state index contributed by atoms with van der Waals surface area (Å²) in [4.78, 5) is 28.5. The number of ether oxygens (including phenoxy) is 1. The van der Waals surface area contributed by atoms with Gasteiger partial charge in [-0.05, 0) is 19.9 Å². The Morgan fingerprint density at radius 2 is 1.73 bits per heavy atom. The van der Waals surface area contributed by atoms with Crippen molar-refractivity contribution in [3.63, 3.8) is 0 Å². The average Bonchev–Trinajstić information content (AvgIpc) is 3.24. The highest BCUT2D eigenvalue weighted by molar-refractivity contribution is 7.89. The van der Waals surface area contributed by atoms with Crippen LogP contribution in [0.5, 0.6) is 0 Å². The number of rotatable bonds is 4. The van der Waals surface area contributed by atoms with Crippen LogP contribution in [0.15, 0.2) is 23.2 Å². The Hall–Kier alpha value is -2.50. The first-order chi connectivity index (χ1) is 14.3. The molecule has 0 bridgehead atoms. The van der Waals surface area contributed by atoms with Gasteiger partial charge in [0, 0.05) is 57.2 Å². The molecule has 10 nitrogen and oxygen atoms in total. The van der Waals surface area contributed by atoms with Crippen LogP contribution in [0.4, 0.5) is 5.82 Å². The standard InChI is InChI=1S/C19H26N6O4S/c1-14-11-18(22-15(2)21-14)23-3-5-24(6-4-23)19(26)17-12-16(13-20-17)30(27,28)25-7-9-29-10-8-25/h11-13,20H,3-10H2,1-2H3. The number of aryl methyl sites for hydroxylation is 2. The molecule has 2 aliphatic heterocycles. The van der Waals surface area contributed by atoms with Crippen LogP contribution < -0.4 is 4.90 Å². The van der Waals surface area contributed by atoms with Gasteiger partial charge >= 0.3 is 0 Å². The van der Waals surface area contributed by atoms with E-state index in [1.54, 1.807) is 4.90 Å². The van der Waals surface area contributed by atoms with Crippen LogP contribution in [0.1, 0.15) is 22.0 Å². The number of carbonyl (C=O) groups excluding carboxylic acids is 1. The first-order valence-electron chi connectivity index (χ1n) is 9.97. The van der Waals surface area contributed by atoms with Crippen molar-refractivity contribution in [3.8, 4) is 0 Å². The van der Waals surface area contributed by atoms with E-state index in [2.05, 4.69) is 19.9 Å². The fourth-order valence-corrected chi connectivity index (χ4v) is 5.15. The molecule has 1 amide bonds. The molecule has 2 aromatic rings. The van der Waals surface area contributed by atoms with Gasteiger partial charge in [0.1, 0.15) is 22.2 Å². The molecular formula is C19H26N6O4S. The summed E-state index contributed by atoms with van der Waals surface area (Å²) in [5.41, 5.74) is 1.19. The average molecular weight is 435 g/mol. The maximum absolute atomic E-state index is 12.9. The number of sulfonamides is 1. The minimum atomic E-state index is -3.63. The monoisotopic (exact) mass is 434 g/mol. The molecule has 0 spiro atoms. The van der Waals surface area contributed by atoms with Crippen molar-refractivity contribution in [2.75, 3.05) is 57.4 Å². The van der Waals surface area contributed by atoms with E-state index < -0.39 is 10.0 Å². The normalized spacial score (nSPS) is 18.6. The quantitative estimate of drug-likeness (QED) is 0.742. The second-order valence-electron chi connectivity index (χ2n) is 7.46. The lowest BCUT2D eigenvalue weighted by Gasteiger charge is -2.35. The lowest BCUT2D eigenvalue weighted by atomic mass is 10.2. The molecule has 4 rings (SSSR count). The summed E-state index contributed by atoms with van der Waals surface area (Å²) >= 11 is 0. The smallest absolute Gasteiger partial charge is 0.270 e. The van der Waals surface area contributed by atoms with Gasteiger partial charge in [0.25, 0.3) is 5.91 Å². The molecule has 30 heavy (non-hydrogen) atoms. The molecule has 0 radical (unpaired) electrons. The molecule has 0 atom stereocenters. The van der Waals surface area contributed by atoms with Crippen LogP contribution in [-0.2, 0) is 14.8 Å². The van der Waals surface area contributed by atoms with E-state index in [0.29, 0.717) is 52.5 Å². The number of nitrogens with one attached hydrogen (secondary N) is 1. The van der Waals surface area contributed by atoms with Gasteiger partial charge in [-0.25, -0.2) is 18.4 Å². The zero-order chi connectivity index (χ0) is 21.3. The zero-order valence-electron chi connectivity index (χ0n) is 17.2. The minimum Gasteiger partial charge on any atom is -0.379 e. The fraction of sp³-hybridized carbons (Fsp3) is 0.526. The zero-order valence-corrected chi connectivity index (χ0v) is 18.0. The van der Waals surface area contributed by atoms with E-state index in [1.807, 2.05) is 19.9 Å². The van der Waals surface area contributed by atoms with Crippen LogP contribution in [0.3, 0.4) is 0 Å². The molecular weight excluding hydrogens is 408 g/mol. The van der Waals surface area contributed by atoms with E-state index in [1.165, 1.54) is 16.6 Å². The molecule has 4 heterocycles. The molecule has 2 aromatic heterocycles. The van der Waals surface area contributed by atoms with Crippen molar-refractivity contribution in [1.29, 1.82) is 0 Å². The van der Waals surface area contributed by atoms with Gasteiger partial charge in [-0.2, -0.15) is 4.31 Å². The second kappa shape index (κ2) is 8.32. The maximum Gasteiger partial charge on any atom is 0.270 e. The van der Waals surface area contributed by atoms with Gasteiger partial charge in [-0.3, -0.25) is 4.79 Å². The van der Waals surface area contributed by atoms with Crippen molar-refractivity contribution in [1.82, 2.24) is 24.2 Å². The van der Waals surface area contributed by atoms with Gasteiger partial charge in [-0.1, -0.05) is 0 Å². The topological polar surface area (TPSA) is 112 Å². The number of H-pyrrole nitrogens is 1. The second-order valence-corrected chi connectivity index (χ2v) is 9.40. The van der Waals surface area contributed by atoms with Crippen LogP contribution >= 0.6 is 0 Å². The number of piperazine rings is 1. The summed E-state index contributed by atoms with van der Waals surface area (Å²) < 4.78 is 32.1. The van der Waals surface area contributed by atoms with E-state index >= 15 is 0 Å². The maximum atomic E-state index is 12.9. The van der Waals surface area contributed by atoms with Crippen molar-refractivity contribution >= 4 is 21.7 Å². The summed E-state index contributed by atoms with van der Waals surface area (Å²) in [6, 6.07) is 3.37. The number of nitrogens with zero attached hydrogens (tertiary/aromatic N) is 5. The van der Waals surface area contributed by atoms with Crippen molar-refractivity contribution < 1.29 is 17.9 Å². The van der Waals surface area contributed by atoms with E-state index in [-0.39, 0.29) is 16.5 Å². The fourth-order valence-electron chi connectivity index (χ4n) is 3.75. The Balaban J connectivity index is 1.41. The molecule has 162 valence electrons. The highest BCUT2D eigenvalue weighted by Gasteiger charge is 2.29. The Bertz CT molecular complexity index is 1000. The first kappa shape index (κ1) is 20.8. The van der Waals surface area contributed by atoms with Gasteiger partial charge < -0.3 is 19.5 Å². The van der Waals surface area contributed by atoms with Crippen LogP contribution in [0.25, 0.3) is 0 Å². The summed E-state index contributed by atoms with van der Waals surface area (Å²) in [5, 5.41) is 0. The van der Waals surface area contributed by atoms with Crippen LogP contribution in [0, 0.1) is 13.8 Å². The van der Waals surface area contributed by atoms with Gasteiger partial charge in [-0.15, -0.1) is 0 Å². The van der Waals surface area contributed by atoms with Gasteiger partial charge in [0.2, 0.25) is 10.0 Å². The highest BCUT2D eigenvalue weighted by Crippen LogP contribution is 2.20. The Morgan fingerprint density at radius 1 is 1.03 bits per heavy atom. The van der Waals surface area contributed by atoms with E-state index in [9.17, 15) is 13.2 Å². The Labute approximate surface area is 175 Å².